The van der Waals surface area contributed by atoms with Gasteiger partial charge in [-0.3, -0.25) is 9.48 Å². The number of aryl methyl sites for hydroxylation is 1. The summed E-state index contributed by atoms with van der Waals surface area (Å²) in [6.07, 6.45) is 2.56. The largest absolute Gasteiger partial charge is 0.482 e. The first-order valence-corrected chi connectivity index (χ1v) is 9.11. The number of nitrogens with zero attached hydrogens (tertiary/aromatic N) is 2. The summed E-state index contributed by atoms with van der Waals surface area (Å²) in [5.74, 6) is -1.31. The fourth-order valence-corrected chi connectivity index (χ4v) is 4.06. The normalized spacial score (nSPS) is 16.0. The van der Waals surface area contributed by atoms with Gasteiger partial charge in [0.05, 0.1) is 16.9 Å². The average Bonchev–Trinajstić information content (AvgIpc) is 3.00. The summed E-state index contributed by atoms with van der Waals surface area (Å²) < 4.78 is 35.1. The zero-order valence-electron chi connectivity index (χ0n) is 15.1. The van der Waals surface area contributed by atoms with E-state index in [4.69, 9.17) is 4.74 Å². The number of carbonyl (C=O) groups is 1. The van der Waals surface area contributed by atoms with E-state index >= 15 is 0 Å². The van der Waals surface area contributed by atoms with Gasteiger partial charge in [-0.2, -0.15) is 5.10 Å². The fraction of sp³-hybridized carbons (Fsp3) is 0.238. The first-order valence-electron chi connectivity index (χ1n) is 9.11. The van der Waals surface area contributed by atoms with Crippen molar-refractivity contribution in [1.29, 1.82) is 0 Å². The Balaban J connectivity index is 1.62. The van der Waals surface area contributed by atoms with E-state index in [9.17, 15) is 13.6 Å². The molecule has 1 aliphatic heterocycles. The average molecular weight is 381 g/mol. The van der Waals surface area contributed by atoms with Crippen molar-refractivity contribution in [2.45, 2.75) is 24.9 Å². The molecule has 2 aromatic carbocycles. The molecule has 1 aromatic heterocycles. The first-order chi connectivity index (χ1) is 13.5. The van der Waals surface area contributed by atoms with E-state index in [2.05, 4.69) is 10.4 Å². The summed E-state index contributed by atoms with van der Waals surface area (Å²) in [4.78, 5) is 13.0. The molecule has 0 atom stereocenters. The van der Waals surface area contributed by atoms with Gasteiger partial charge in [0.2, 0.25) is 0 Å². The molecule has 1 amide bonds. The van der Waals surface area contributed by atoms with Crippen molar-refractivity contribution in [2.75, 3.05) is 5.32 Å². The molecule has 142 valence electrons. The Morgan fingerprint density at radius 2 is 2.00 bits per heavy atom. The van der Waals surface area contributed by atoms with Gasteiger partial charge in [-0.15, -0.1) is 0 Å². The van der Waals surface area contributed by atoms with E-state index in [1.807, 2.05) is 24.3 Å². The molecular formula is C21H17F2N3O2. The lowest BCUT2D eigenvalue weighted by atomic mass is 9.71. The van der Waals surface area contributed by atoms with E-state index in [1.54, 1.807) is 11.7 Å². The third kappa shape index (κ3) is 2.35. The van der Waals surface area contributed by atoms with E-state index in [0.29, 0.717) is 0 Å². The highest BCUT2D eigenvalue weighted by Crippen LogP contribution is 2.54. The van der Waals surface area contributed by atoms with Gasteiger partial charge in [0, 0.05) is 18.7 Å². The molecule has 1 fully saturated rings. The number of amides is 1. The summed E-state index contributed by atoms with van der Waals surface area (Å²) in [6.45, 7) is 0. The maximum Gasteiger partial charge on any atom is 0.276 e. The molecule has 2 aliphatic rings. The van der Waals surface area contributed by atoms with Crippen LogP contribution in [-0.2, 0) is 12.6 Å². The number of benzene rings is 2. The van der Waals surface area contributed by atoms with Gasteiger partial charge in [0.25, 0.3) is 5.91 Å². The highest BCUT2D eigenvalue weighted by atomic mass is 19.1. The van der Waals surface area contributed by atoms with Crippen LogP contribution in [0.4, 0.5) is 14.5 Å². The van der Waals surface area contributed by atoms with E-state index in [1.165, 1.54) is 6.07 Å². The number of hydrogen-bond donors (Lipinski definition) is 1. The van der Waals surface area contributed by atoms with Crippen LogP contribution in [0.5, 0.6) is 5.75 Å². The summed E-state index contributed by atoms with van der Waals surface area (Å²) >= 11 is 0. The van der Waals surface area contributed by atoms with Crippen LogP contribution in [0.2, 0.25) is 0 Å². The van der Waals surface area contributed by atoms with Crippen molar-refractivity contribution in [3.05, 3.63) is 65.4 Å². The zero-order valence-corrected chi connectivity index (χ0v) is 15.1. The van der Waals surface area contributed by atoms with Gasteiger partial charge < -0.3 is 10.1 Å². The third-order valence-electron chi connectivity index (χ3n) is 5.51. The second-order valence-corrected chi connectivity index (χ2v) is 7.22. The number of aromatic nitrogens is 2. The van der Waals surface area contributed by atoms with Crippen LogP contribution >= 0.6 is 0 Å². The zero-order chi connectivity index (χ0) is 19.5. The predicted molar refractivity (Wildman–Crippen MR) is 99.1 cm³/mol. The third-order valence-corrected chi connectivity index (χ3v) is 5.51. The molecule has 5 nitrogen and oxygen atoms in total. The summed E-state index contributed by atoms with van der Waals surface area (Å²) in [5.41, 5.74) is 1.97. The Labute approximate surface area is 159 Å². The Bertz CT molecular complexity index is 1120. The lowest BCUT2D eigenvalue weighted by Crippen LogP contribution is -2.43. The second-order valence-electron chi connectivity index (χ2n) is 7.22. The summed E-state index contributed by atoms with van der Waals surface area (Å²) in [6, 6.07) is 10.7. The van der Waals surface area contributed by atoms with Crippen molar-refractivity contribution < 1.29 is 18.3 Å². The molecular weight excluding hydrogens is 364 g/mol. The highest BCUT2D eigenvalue weighted by Gasteiger charge is 2.50. The second kappa shape index (κ2) is 5.89. The Kier molecular flexibility index (Phi) is 3.56. The fourth-order valence-electron chi connectivity index (χ4n) is 4.06. The molecule has 0 saturated heterocycles. The minimum atomic E-state index is -0.835. The summed E-state index contributed by atoms with van der Waals surface area (Å²) in [5, 5.41) is 6.95. The molecule has 1 aliphatic carbocycles. The van der Waals surface area contributed by atoms with Crippen molar-refractivity contribution in [3.63, 3.8) is 0 Å². The molecule has 1 saturated carbocycles. The maximum atomic E-state index is 14.0. The number of nitrogens with one attached hydrogen (secondary N) is 1. The number of anilines is 1. The number of carbonyl (C=O) groups excluding carboxylic acids is 1. The molecule has 2 heterocycles. The van der Waals surface area contributed by atoms with Crippen LogP contribution in [0.25, 0.3) is 11.3 Å². The monoisotopic (exact) mass is 381 g/mol. The molecule has 0 radical (unpaired) electrons. The SMILES string of the molecule is Cn1nc(C(=O)Nc2ccc(F)cc2F)c2c1-c1ccccc1OC21CCC1. The first kappa shape index (κ1) is 16.9. The van der Waals surface area contributed by atoms with Gasteiger partial charge in [-0.1, -0.05) is 12.1 Å². The maximum absolute atomic E-state index is 14.0. The van der Waals surface area contributed by atoms with Crippen LogP contribution in [0.1, 0.15) is 35.3 Å². The number of halogens is 2. The van der Waals surface area contributed by atoms with Gasteiger partial charge >= 0.3 is 0 Å². The van der Waals surface area contributed by atoms with Gasteiger partial charge in [0.1, 0.15) is 23.0 Å². The van der Waals surface area contributed by atoms with E-state index in [0.717, 1.165) is 54.0 Å². The topological polar surface area (TPSA) is 56.2 Å². The molecule has 0 unspecified atom stereocenters. The van der Waals surface area contributed by atoms with Crippen LogP contribution in [0.15, 0.2) is 42.5 Å². The number of fused-ring (bicyclic) bond motifs is 4. The number of rotatable bonds is 2. The molecule has 5 rings (SSSR count). The number of ether oxygens (including phenoxy) is 1. The minimum Gasteiger partial charge on any atom is -0.482 e. The highest BCUT2D eigenvalue weighted by molar-refractivity contribution is 6.05. The van der Waals surface area contributed by atoms with Crippen molar-refractivity contribution in [3.8, 4) is 17.0 Å². The van der Waals surface area contributed by atoms with Crippen molar-refractivity contribution in [1.82, 2.24) is 9.78 Å². The van der Waals surface area contributed by atoms with Gasteiger partial charge in [0.15, 0.2) is 5.69 Å². The molecule has 0 bridgehead atoms. The Morgan fingerprint density at radius 3 is 2.71 bits per heavy atom. The molecule has 3 aromatic rings. The van der Waals surface area contributed by atoms with Crippen LogP contribution in [0, 0.1) is 11.6 Å². The Hall–Kier alpha value is -3.22. The molecule has 28 heavy (non-hydrogen) atoms. The predicted octanol–water partition coefficient (Wildman–Crippen LogP) is 4.39. The lowest BCUT2D eigenvalue weighted by Gasteiger charge is -2.45. The standard InChI is InChI=1S/C21H17F2N3O2/c1-26-19-13-5-2-3-6-16(13)28-21(9-4-10-21)17(19)18(25-26)20(27)24-15-8-7-12(22)11-14(15)23/h2-3,5-8,11H,4,9-10H2,1H3,(H,24,27). The van der Waals surface area contributed by atoms with Crippen LogP contribution < -0.4 is 10.1 Å². The Morgan fingerprint density at radius 1 is 1.21 bits per heavy atom. The lowest BCUT2D eigenvalue weighted by molar-refractivity contribution is -0.0150. The number of hydrogen-bond acceptors (Lipinski definition) is 3. The van der Waals surface area contributed by atoms with Gasteiger partial charge in [-0.25, -0.2) is 8.78 Å². The molecule has 1 N–H and O–H groups in total. The van der Waals surface area contributed by atoms with E-state index in [-0.39, 0.29) is 11.4 Å². The van der Waals surface area contributed by atoms with Crippen molar-refractivity contribution >= 4 is 11.6 Å². The summed E-state index contributed by atoms with van der Waals surface area (Å²) in [7, 11) is 1.78. The molecule has 7 heteroatoms. The van der Waals surface area contributed by atoms with E-state index < -0.39 is 23.1 Å². The van der Waals surface area contributed by atoms with Crippen LogP contribution in [-0.4, -0.2) is 15.7 Å². The number of para-hydroxylation sites is 1. The quantitative estimate of drug-likeness (QED) is 0.716. The minimum absolute atomic E-state index is 0.0920. The van der Waals surface area contributed by atoms with Crippen molar-refractivity contribution in [2.24, 2.45) is 7.05 Å². The van der Waals surface area contributed by atoms with Gasteiger partial charge in [-0.05, 0) is 43.5 Å². The smallest absolute Gasteiger partial charge is 0.276 e. The molecule has 1 spiro atoms. The van der Waals surface area contributed by atoms with Crippen LogP contribution in [0.3, 0.4) is 0 Å².